The van der Waals surface area contributed by atoms with E-state index in [1.807, 2.05) is 24.3 Å². The maximum absolute atomic E-state index is 6.10. The quantitative estimate of drug-likeness (QED) is 0.843. The molecule has 1 unspecified atom stereocenters. The lowest BCUT2D eigenvalue weighted by Crippen LogP contribution is -2.37. The number of ether oxygens (including phenoxy) is 1. The molecule has 1 heterocycles. The van der Waals surface area contributed by atoms with Crippen molar-refractivity contribution in [3.05, 3.63) is 29.4 Å². The van der Waals surface area contributed by atoms with E-state index in [0.717, 1.165) is 23.1 Å². The summed E-state index contributed by atoms with van der Waals surface area (Å²) < 4.78 is 5.23. The third-order valence-corrected chi connectivity index (χ3v) is 3.45. The van der Waals surface area contributed by atoms with Crippen molar-refractivity contribution in [2.75, 3.05) is 25.2 Å². The number of hydrogen-bond donors (Lipinski definition) is 0. The Morgan fingerprint density at radius 3 is 2.58 bits per heavy atom. The molecule has 1 aromatic heterocycles. The number of aromatic nitrogens is 2. The maximum atomic E-state index is 6.10. The number of halogens is 1. The standard InChI is InChI=1S/C14H18ClN3O/c1-4-18(10(2)9-19-3)14-12-8-6-5-7-11(12)13(15)16-17-14/h5-8,10H,4,9H2,1-3H3. The van der Waals surface area contributed by atoms with Gasteiger partial charge in [0, 0.05) is 24.4 Å². The van der Waals surface area contributed by atoms with E-state index in [-0.39, 0.29) is 6.04 Å². The van der Waals surface area contributed by atoms with Gasteiger partial charge in [0.2, 0.25) is 0 Å². The largest absolute Gasteiger partial charge is 0.383 e. The highest BCUT2D eigenvalue weighted by atomic mass is 35.5. The molecule has 0 aliphatic rings. The van der Waals surface area contributed by atoms with Crippen molar-refractivity contribution in [2.24, 2.45) is 0 Å². The lowest BCUT2D eigenvalue weighted by molar-refractivity contribution is 0.181. The molecule has 0 radical (unpaired) electrons. The fourth-order valence-corrected chi connectivity index (χ4v) is 2.47. The first kappa shape index (κ1) is 14.0. The Balaban J connectivity index is 2.52. The number of rotatable bonds is 5. The molecule has 1 aromatic carbocycles. The Bertz CT molecular complexity index is 561. The van der Waals surface area contributed by atoms with E-state index in [2.05, 4.69) is 28.9 Å². The van der Waals surface area contributed by atoms with Crippen LogP contribution in [0.3, 0.4) is 0 Å². The zero-order valence-electron chi connectivity index (χ0n) is 11.4. The average Bonchev–Trinajstić information content (AvgIpc) is 2.43. The molecule has 0 aliphatic heterocycles. The molecule has 102 valence electrons. The van der Waals surface area contributed by atoms with Crippen LogP contribution in [0.15, 0.2) is 24.3 Å². The van der Waals surface area contributed by atoms with Crippen LogP contribution >= 0.6 is 11.6 Å². The summed E-state index contributed by atoms with van der Waals surface area (Å²) in [6.07, 6.45) is 0. The predicted molar refractivity (Wildman–Crippen MR) is 78.9 cm³/mol. The number of fused-ring (bicyclic) bond motifs is 1. The molecule has 0 saturated heterocycles. The first-order valence-electron chi connectivity index (χ1n) is 6.35. The van der Waals surface area contributed by atoms with Crippen LogP contribution in [0.1, 0.15) is 13.8 Å². The Morgan fingerprint density at radius 2 is 1.95 bits per heavy atom. The van der Waals surface area contributed by atoms with Gasteiger partial charge in [-0.3, -0.25) is 0 Å². The van der Waals surface area contributed by atoms with Crippen LogP contribution in [0.5, 0.6) is 0 Å². The topological polar surface area (TPSA) is 38.2 Å². The maximum Gasteiger partial charge on any atom is 0.159 e. The second-order valence-electron chi connectivity index (χ2n) is 4.45. The van der Waals surface area contributed by atoms with E-state index in [1.165, 1.54) is 0 Å². The van der Waals surface area contributed by atoms with E-state index < -0.39 is 0 Å². The molecular weight excluding hydrogens is 262 g/mol. The molecule has 0 bridgehead atoms. The van der Waals surface area contributed by atoms with Crippen molar-refractivity contribution in [1.29, 1.82) is 0 Å². The van der Waals surface area contributed by atoms with Gasteiger partial charge in [0.15, 0.2) is 11.0 Å². The Labute approximate surface area is 118 Å². The summed E-state index contributed by atoms with van der Waals surface area (Å²) in [5.74, 6) is 0.854. The van der Waals surface area contributed by atoms with Crippen molar-refractivity contribution in [1.82, 2.24) is 10.2 Å². The fraction of sp³-hybridized carbons (Fsp3) is 0.429. The number of anilines is 1. The summed E-state index contributed by atoms with van der Waals surface area (Å²) in [6.45, 7) is 5.69. The summed E-state index contributed by atoms with van der Waals surface area (Å²) in [4.78, 5) is 2.18. The van der Waals surface area contributed by atoms with E-state index in [0.29, 0.717) is 11.8 Å². The molecule has 2 rings (SSSR count). The minimum Gasteiger partial charge on any atom is -0.383 e. The number of nitrogens with zero attached hydrogens (tertiary/aromatic N) is 3. The van der Waals surface area contributed by atoms with E-state index in [9.17, 15) is 0 Å². The molecule has 0 N–H and O–H groups in total. The number of methoxy groups -OCH3 is 1. The smallest absolute Gasteiger partial charge is 0.159 e. The van der Waals surface area contributed by atoms with E-state index >= 15 is 0 Å². The SMILES string of the molecule is CCN(c1nnc(Cl)c2ccccc12)C(C)COC. The minimum absolute atomic E-state index is 0.230. The third-order valence-electron chi connectivity index (χ3n) is 3.18. The Morgan fingerprint density at radius 1 is 1.26 bits per heavy atom. The second kappa shape index (κ2) is 6.17. The van der Waals surface area contributed by atoms with Crippen LogP contribution in [0.25, 0.3) is 10.8 Å². The molecule has 0 spiro atoms. The molecule has 1 atom stereocenters. The Kier molecular flexibility index (Phi) is 4.56. The zero-order chi connectivity index (χ0) is 13.8. The van der Waals surface area contributed by atoms with Crippen molar-refractivity contribution in [3.63, 3.8) is 0 Å². The van der Waals surface area contributed by atoms with Crippen LogP contribution < -0.4 is 4.90 Å². The summed E-state index contributed by atoms with van der Waals surface area (Å²) in [6, 6.07) is 8.15. The number of likely N-dealkylation sites (N-methyl/N-ethyl adjacent to an activating group) is 1. The Hall–Kier alpha value is -1.39. The summed E-state index contributed by atoms with van der Waals surface area (Å²) in [5, 5.41) is 10.7. The molecule has 2 aromatic rings. The highest BCUT2D eigenvalue weighted by molar-refractivity contribution is 6.34. The lowest BCUT2D eigenvalue weighted by Gasteiger charge is -2.29. The number of hydrogen-bond acceptors (Lipinski definition) is 4. The highest BCUT2D eigenvalue weighted by Crippen LogP contribution is 2.28. The minimum atomic E-state index is 0.230. The predicted octanol–water partition coefficient (Wildman–Crippen LogP) is 3.14. The molecular formula is C14H18ClN3O. The van der Waals surface area contributed by atoms with Crippen LogP contribution in [0, 0.1) is 0 Å². The summed E-state index contributed by atoms with van der Waals surface area (Å²) in [5.41, 5.74) is 0. The molecule has 19 heavy (non-hydrogen) atoms. The van der Waals surface area contributed by atoms with Crippen molar-refractivity contribution < 1.29 is 4.74 Å². The van der Waals surface area contributed by atoms with Gasteiger partial charge >= 0.3 is 0 Å². The average molecular weight is 280 g/mol. The van der Waals surface area contributed by atoms with Crippen molar-refractivity contribution >= 4 is 28.2 Å². The molecule has 5 heteroatoms. The van der Waals surface area contributed by atoms with Gasteiger partial charge in [-0.1, -0.05) is 35.9 Å². The van der Waals surface area contributed by atoms with E-state index in [1.54, 1.807) is 7.11 Å². The normalized spacial score (nSPS) is 12.6. The molecule has 4 nitrogen and oxygen atoms in total. The molecule has 0 aliphatic carbocycles. The first-order chi connectivity index (χ1) is 9.19. The van der Waals surface area contributed by atoms with E-state index in [4.69, 9.17) is 16.3 Å². The zero-order valence-corrected chi connectivity index (χ0v) is 12.2. The van der Waals surface area contributed by atoms with Crippen LogP contribution in [-0.4, -0.2) is 36.5 Å². The molecule has 0 saturated carbocycles. The van der Waals surface area contributed by atoms with Crippen LogP contribution in [0.2, 0.25) is 5.15 Å². The van der Waals surface area contributed by atoms with Crippen molar-refractivity contribution in [2.45, 2.75) is 19.9 Å². The van der Waals surface area contributed by atoms with Gasteiger partial charge < -0.3 is 9.64 Å². The lowest BCUT2D eigenvalue weighted by atomic mass is 10.1. The summed E-state index contributed by atoms with van der Waals surface area (Å²) >= 11 is 6.10. The van der Waals surface area contributed by atoms with Gasteiger partial charge in [-0.2, -0.15) is 0 Å². The first-order valence-corrected chi connectivity index (χ1v) is 6.73. The second-order valence-corrected chi connectivity index (χ2v) is 4.81. The monoisotopic (exact) mass is 279 g/mol. The highest BCUT2D eigenvalue weighted by Gasteiger charge is 2.18. The van der Waals surface area contributed by atoms with Gasteiger partial charge in [-0.15, -0.1) is 10.2 Å². The van der Waals surface area contributed by atoms with Gasteiger partial charge in [0.1, 0.15) is 0 Å². The summed E-state index contributed by atoms with van der Waals surface area (Å²) in [7, 11) is 1.70. The van der Waals surface area contributed by atoms with Gasteiger partial charge in [-0.25, -0.2) is 0 Å². The van der Waals surface area contributed by atoms with Gasteiger partial charge in [0.25, 0.3) is 0 Å². The number of benzene rings is 1. The van der Waals surface area contributed by atoms with Crippen LogP contribution in [-0.2, 0) is 4.74 Å². The van der Waals surface area contributed by atoms with Crippen LogP contribution in [0.4, 0.5) is 5.82 Å². The molecule has 0 fully saturated rings. The van der Waals surface area contributed by atoms with Crippen molar-refractivity contribution in [3.8, 4) is 0 Å². The third kappa shape index (κ3) is 2.80. The fourth-order valence-electron chi connectivity index (χ4n) is 2.27. The van der Waals surface area contributed by atoms with Gasteiger partial charge in [-0.05, 0) is 13.8 Å². The molecule has 0 amide bonds. The van der Waals surface area contributed by atoms with Gasteiger partial charge in [0.05, 0.1) is 12.6 Å².